The number of rotatable bonds is 6. The highest BCUT2D eigenvalue weighted by molar-refractivity contribution is 5.42. The number of para-hydroxylation sites is 1. The van der Waals surface area contributed by atoms with E-state index >= 15 is 0 Å². The summed E-state index contributed by atoms with van der Waals surface area (Å²) in [6.45, 7) is 2.64. The second-order valence-corrected chi connectivity index (χ2v) is 4.83. The Morgan fingerprint density at radius 3 is 2.52 bits per heavy atom. The number of nitrogens with two attached hydrogens (primary N) is 1. The largest absolute Gasteiger partial charge is 0.491 e. The fourth-order valence-corrected chi connectivity index (χ4v) is 2.18. The van der Waals surface area contributed by atoms with Gasteiger partial charge in [-0.05, 0) is 18.6 Å². The summed E-state index contributed by atoms with van der Waals surface area (Å²) in [7, 11) is 1.61. The third-order valence-corrected chi connectivity index (χ3v) is 3.36. The van der Waals surface area contributed by atoms with E-state index in [4.69, 9.17) is 15.2 Å². The summed E-state index contributed by atoms with van der Waals surface area (Å²) in [6.07, 6.45) is 0. The van der Waals surface area contributed by atoms with E-state index in [0.29, 0.717) is 30.1 Å². The van der Waals surface area contributed by atoms with Crippen molar-refractivity contribution in [2.24, 2.45) is 5.73 Å². The van der Waals surface area contributed by atoms with Gasteiger partial charge in [-0.25, -0.2) is 4.39 Å². The maximum atomic E-state index is 14.2. The number of ether oxygens (including phenoxy) is 2. The Morgan fingerprint density at radius 1 is 1.05 bits per heavy atom. The van der Waals surface area contributed by atoms with Crippen LogP contribution >= 0.6 is 0 Å². The van der Waals surface area contributed by atoms with Crippen LogP contribution in [-0.4, -0.2) is 20.3 Å². The number of hydrogen-bond donors (Lipinski definition) is 1. The normalized spacial score (nSPS) is 12.2. The van der Waals surface area contributed by atoms with Gasteiger partial charge in [0, 0.05) is 18.2 Å². The third kappa shape index (κ3) is 3.60. The molecule has 1 unspecified atom stereocenters. The minimum absolute atomic E-state index is 0.267. The molecule has 4 heteroatoms. The van der Waals surface area contributed by atoms with E-state index in [2.05, 4.69) is 0 Å². The topological polar surface area (TPSA) is 44.5 Å². The van der Waals surface area contributed by atoms with E-state index in [0.717, 1.165) is 5.56 Å². The summed E-state index contributed by atoms with van der Waals surface area (Å²) in [6, 6.07) is 12.1. The fraction of sp³-hybridized carbons (Fsp3) is 0.294. The molecule has 2 rings (SSSR count). The molecule has 3 nitrogen and oxygen atoms in total. The molecule has 0 spiro atoms. The molecule has 0 aliphatic rings. The summed E-state index contributed by atoms with van der Waals surface area (Å²) in [5.41, 5.74) is 8.06. The van der Waals surface area contributed by atoms with Crippen LogP contribution in [-0.2, 0) is 4.74 Å². The molecule has 0 radical (unpaired) electrons. The van der Waals surface area contributed by atoms with Crippen molar-refractivity contribution in [1.82, 2.24) is 0 Å². The third-order valence-electron chi connectivity index (χ3n) is 3.36. The van der Waals surface area contributed by atoms with Gasteiger partial charge in [-0.3, -0.25) is 0 Å². The van der Waals surface area contributed by atoms with Gasteiger partial charge in [0.25, 0.3) is 0 Å². The molecule has 0 fully saturated rings. The van der Waals surface area contributed by atoms with Gasteiger partial charge in [0.1, 0.15) is 18.2 Å². The van der Waals surface area contributed by atoms with Crippen molar-refractivity contribution in [3.05, 3.63) is 65.0 Å². The predicted octanol–water partition coefficient (Wildman–Crippen LogP) is 3.21. The Hall–Kier alpha value is -1.91. The van der Waals surface area contributed by atoms with Crippen LogP contribution < -0.4 is 10.5 Å². The van der Waals surface area contributed by atoms with Crippen LogP contribution in [0.1, 0.15) is 22.7 Å². The summed E-state index contributed by atoms with van der Waals surface area (Å²) in [5.74, 6) is 0.389. The Morgan fingerprint density at radius 2 is 1.76 bits per heavy atom. The molecule has 0 aliphatic carbocycles. The van der Waals surface area contributed by atoms with Crippen LogP contribution in [0.3, 0.4) is 0 Å². The molecule has 0 bridgehead atoms. The van der Waals surface area contributed by atoms with Crippen LogP contribution in [0.15, 0.2) is 42.5 Å². The van der Waals surface area contributed by atoms with Crippen molar-refractivity contribution in [2.45, 2.75) is 13.0 Å². The first-order valence-electron chi connectivity index (χ1n) is 6.86. The molecule has 0 saturated carbocycles. The Kier molecular flexibility index (Phi) is 5.31. The number of benzene rings is 2. The lowest BCUT2D eigenvalue weighted by molar-refractivity contribution is 0.145. The molecule has 2 N–H and O–H groups in total. The quantitative estimate of drug-likeness (QED) is 0.831. The van der Waals surface area contributed by atoms with Crippen molar-refractivity contribution in [1.29, 1.82) is 0 Å². The van der Waals surface area contributed by atoms with Gasteiger partial charge in [0.2, 0.25) is 0 Å². The second kappa shape index (κ2) is 7.20. The van der Waals surface area contributed by atoms with Crippen molar-refractivity contribution in [3.63, 3.8) is 0 Å². The zero-order valence-corrected chi connectivity index (χ0v) is 12.3. The van der Waals surface area contributed by atoms with Gasteiger partial charge in [0.15, 0.2) is 0 Å². The van der Waals surface area contributed by atoms with Gasteiger partial charge in [-0.15, -0.1) is 0 Å². The summed E-state index contributed by atoms with van der Waals surface area (Å²) >= 11 is 0. The van der Waals surface area contributed by atoms with E-state index < -0.39 is 6.04 Å². The summed E-state index contributed by atoms with van der Waals surface area (Å²) < 4.78 is 24.9. The molecular weight excluding hydrogens is 269 g/mol. The Bertz CT molecular complexity index is 601. The number of aryl methyl sites for hydroxylation is 1. The number of methoxy groups -OCH3 is 1. The van der Waals surface area contributed by atoms with Gasteiger partial charge >= 0.3 is 0 Å². The molecule has 0 saturated heterocycles. The van der Waals surface area contributed by atoms with Crippen LogP contribution in [0.4, 0.5) is 4.39 Å². The summed E-state index contributed by atoms with van der Waals surface area (Å²) in [4.78, 5) is 0. The molecule has 0 aliphatic heterocycles. The van der Waals surface area contributed by atoms with Gasteiger partial charge in [0.05, 0.1) is 12.6 Å². The van der Waals surface area contributed by atoms with Crippen LogP contribution in [0.25, 0.3) is 0 Å². The van der Waals surface area contributed by atoms with Gasteiger partial charge in [-0.2, -0.15) is 0 Å². The van der Waals surface area contributed by atoms with E-state index in [1.54, 1.807) is 26.2 Å². The molecule has 2 aromatic carbocycles. The second-order valence-electron chi connectivity index (χ2n) is 4.83. The van der Waals surface area contributed by atoms with Crippen molar-refractivity contribution in [3.8, 4) is 5.75 Å². The molecule has 112 valence electrons. The average Bonchev–Trinajstić information content (AvgIpc) is 2.50. The standard InChI is InChI=1S/C17H20FNO2/c1-12-6-5-8-14(16(12)18)17(19)13-7-3-4-9-15(13)21-11-10-20-2/h3-9,17H,10-11,19H2,1-2H3. The van der Waals surface area contributed by atoms with E-state index in [1.165, 1.54) is 0 Å². The Labute approximate surface area is 124 Å². The van der Waals surface area contributed by atoms with Gasteiger partial charge < -0.3 is 15.2 Å². The van der Waals surface area contributed by atoms with E-state index in [-0.39, 0.29) is 5.82 Å². The lowest BCUT2D eigenvalue weighted by Crippen LogP contribution is -2.16. The maximum absolute atomic E-state index is 14.2. The lowest BCUT2D eigenvalue weighted by atomic mass is 9.97. The SMILES string of the molecule is COCCOc1ccccc1C(N)c1cccc(C)c1F. The molecular formula is C17H20FNO2. The highest BCUT2D eigenvalue weighted by Gasteiger charge is 2.18. The van der Waals surface area contributed by atoms with Crippen LogP contribution in [0, 0.1) is 12.7 Å². The van der Waals surface area contributed by atoms with Crippen LogP contribution in [0.2, 0.25) is 0 Å². The van der Waals surface area contributed by atoms with Gasteiger partial charge in [-0.1, -0.05) is 36.4 Å². The zero-order valence-electron chi connectivity index (χ0n) is 12.3. The van der Waals surface area contributed by atoms with Crippen molar-refractivity contribution < 1.29 is 13.9 Å². The predicted molar refractivity (Wildman–Crippen MR) is 81.0 cm³/mol. The number of hydrogen-bond acceptors (Lipinski definition) is 3. The smallest absolute Gasteiger partial charge is 0.131 e. The molecule has 1 atom stereocenters. The minimum atomic E-state index is -0.566. The number of halogens is 1. The lowest BCUT2D eigenvalue weighted by Gasteiger charge is -2.18. The maximum Gasteiger partial charge on any atom is 0.131 e. The first kappa shape index (κ1) is 15.5. The molecule has 21 heavy (non-hydrogen) atoms. The monoisotopic (exact) mass is 289 g/mol. The first-order chi connectivity index (χ1) is 10.1. The minimum Gasteiger partial charge on any atom is -0.491 e. The molecule has 0 heterocycles. The molecule has 2 aromatic rings. The zero-order chi connectivity index (χ0) is 15.2. The van der Waals surface area contributed by atoms with Crippen molar-refractivity contribution in [2.75, 3.05) is 20.3 Å². The highest BCUT2D eigenvalue weighted by Crippen LogP contribution is 2.30. The highest BCUT2D eigenvalue weighted by atomic mass is 19.1. The van der Waals surface area contributed by atoms with Crippen LogP contribution in [0.5, 0.6) is 5.75 Å². The first-order valence-corrected chi connectivity index (χ1v) is 6.86. The fourth-order valence-electron chi connectivity index (χ4n) is 2.18. The van der Waals surface area contributed by atoms with Crippen molar-refractivity contribution >= 4 is 0 Å². The average molecular weight is 289 g/mol. The Balaban J connectivity index is 2.30. The van der Waals surface area contributed by atoms with E-state index in [1.807, 2.05) is 30.3 Å². The molecule has 0 amide bonds. The van der Waals surface area contributed by atoms with E-state index in [9.17, 15) is 4.39 Å². The molecule has 0 aromatic heterocycles. The summed E-state index contributed by atoms with van der Waals surface area (Å²) in [5, 5.41) is 0.